The first kappa shape index (κ1) is 40.3. The van der Waals surface area contributed by atoms with Crippen LogP contribution < -0.4 is 21.7 Å². The Hall–Kier alpha value is -4.92. The van der Waals surface area contributed by atoms with Gasteiger partial charge in [-0.05, 0) is 77.6 Å². The standard InChI is InChI=1S/C40H50N8O5S/c1-24-19-25(2)43-39(42-24)54-28-17-18-48(33(21-28)38(53)47-40(3,4)5)23-34(49)31(20-26-11-7-6-8-12-26)45-37(52)32(22-35(41)50)46-36(51)30-16-15-27-13-9-10-14-29(27)44-30/h6-16,19,28,31-34,49H,17-18,20-23H2,1-5H3,(H2,41,50)(H,45,52)(H,46,51)(H,47,53)/t28-,31+,32+,33+,34-/m1/s1. The number of thioether (sulfide) groups is 1. The second-order valence-electron chi connectivity index (χ2n) is 14.9. The summed E-state index contributed by atoms with van der Waals surface area (Å²) < 4.78 is 0. The van der Waals surface area contributed by atoms with Crippen molar-refractivity contribution in [2.45, 2.75) is 100 Å². The third-order valence-electron chi connectivity index (χ3n) is 9.07. The second kappa shape index (κ2) is 17.9. The SMILES string of the molecule is Cc1cc(C)nc(S[C@@H]2CCN(C[C@@H](O)[C@H](Cc3ccccc3)NC(=O)[C@H](CC(N)=O)NC(=O)c3ccc4ccccc4n3)[C@H](C(=O)NC(C)(C)C)C2)n1. The number of rotatable bonds is 14. The summed E-state index contributed by atoms with van der Waals surface area (Å²) in [6.07, 6.45) is -0.145. The van der Waals surface area contributed by atoms with Crippen LogP contribution in [0.2, 0.25) is 0 Å². The predicted octanol–water partition coefficient (Wildman–Crippen LogP) is 3.24. The number of aliphatic hydroxyl groups excluding tert-OH is 1. The van der Waals surface area contributed by atoms with Gasteiger partial charge in [0.1, 0.15) is 11.7 Å². The number of hydrogen-bond acceptors (Lipinski definition) is 10. The van der Waals surface area contributed by atoms with Crippen molar-refractivity contribution in [3.05, 3.63) is 95.4 Å². The molecule has 0 aliphatic carbocycles. The van der Waals surface area contributed by atoms with Gasteiger partial charge >= 0.3 is 0 Å². The summed E-state index contributed by atoms with van der Waals surface area (Å²) >= 11 is 1.56. The average Bonchev–Trinajstić information content (AvgIpc) is 3.10. The van der Waals surface area contributed by atoms with E-state index in [1.807, 2.05) is 88.0 Å². The number of hydrogen-bond donors (Lipinski definition) is 5. The van der Waals surface area contributed by atoms with Crippen LogP contribution in [-0.2, 0) is 20.8 Å². The van der Waals surface area contributed by atoms with E-state index in [0.29, 0.717) is 23.6 Å². The normalized spacial score (nSPS) is 18.0. The molecule has 6 N–H and O–H groups in total. The summed E-state index contributed by atoms with van der Waals surface area (Å²) in [5.41, 5.74) is 8.32. The fourth-order valence-electron chi connectivity index (χ4n) is 6.57. The predicted molar refractivity (Wildman–Crippen MR) is 209 cm³/mol. The number of amides is 4. The highest BCUT2D eigenvalue weighted by molar-refractivity contribution is 7.99. The maximum atomic E-state index is 13.9. The van der Waals surface area contributed by atoms with E-state index in [1.165, 1.54) is 0 Å². The monoisotopic (exact) mass is 754 g/mol. The van der Waals surface area contributed by atoms with Crippen LogP contribution in [0.15, 0.2) is 78.0 Å². The highest BCUT2D eigenvalue weighted by Gasteiger charge is 2.38. The summed E-state index contributed by atoms with van der Waals surface area (Å²) in [6, 6.07) is 19.1. The van der Waals surface area contributed by atoms with Gasteiger partial charge in [-0.3, -0.25) is 24.1 Å². The molecule has 1 aliphatic rings. The molecule has 4 amide bonds. The van der Waals surface area contributed by atoms with E-state index < -0.39 is 53.9 Å². The number of pyridine rings is 1. The molecule has 0 spiro atoms. The molecule has 54 heavy (non-hydrogen) atoms. The van der Waals surface area contributed by atoms with E-state index in [9.17, 15) is 24.3 Å². The molecule has 4 aromatic rings. The lowest BCUT2D eigenvalue weighted by Gasteiger charge is -2.41. The van der Waals surface area contributed by atoms with Gasteiger partial charge in [0, 0.05) is 40.7 Å². The third-order valence-corrected chi connectivity index (χ3v) is 10.2. The van der Waals surface area contributed by atoms with Crippen LogP contribution in [-0.4, -0.2) is 96.7 Å². The minimum absolute atomic E-state index is 0.0605. The Morgan fingerprint density at radius 2 is 1.63 bits per heavy atom. The molecule has 2 aromatic carbocycles. The van der Waals surface area contributed by atoms with E-state index in [0.717, 1.165) is 28.8 Å². The van der Waals surface area contributed by atoms with Gasteiger partial charge in [-0.25, -0.2) is 15.0 Å². The van der Waals surface area contributed by atoms with Crippen molar-refractivity contribution in [3.63, 3.8) is 0 Å². The number of primary amides is 1. The van der Waals surface area contributed by atoms with Crippen LogP contribution in [0.4, 0.5) is 0 Å². The Kier molecular flexibility index (Phi) is 13.4. The van der Waals surface area contributed by atoms with Gasteiger partial charge in [-0.15, -0.1) is 0 Å². The highest BCUT2D eigenvalue weighted by atomic mass is 32.2. The fourth-order valence-corrected chi connectivity index (χ4v) is 7.76. The molecule has 1 fully saturated rings. The number of para-hydroxylation sites is 1. The summed E-state index contributed by atoms with van der Waals surface area (Å²) in [4.78, 5) is 68.7. The van der Waals surface area contributed by atoms with Crippen LogP contribution in [0.5, 0.6) is 0 Å². The number of carbonyl (C=O) groups is 4. The van der Waals surface area contributed by atoms with Gasteiger partial charge in [0.05, 0.1) is 30.1 Å². The van der Waals surface area contributed by atoms with E-state index in [1.54, 1.807) is 36.0 Å². The van der Waals surface area contributed by atoms with Crippen molar-refractivity contribution in [3.8, 4) is 0 Å². The van der Waals surface area contributed by atoms with E-state index in [-0.39, 0.29) is 29.8 Å². The van der Waals surface area contributed by atoms with Crippen molar-refractivity contribution in [2.75, 3.05) is 13.1 Å². The zero-order chi connectivity index (χ0) is 39.0. The number of benzene rings is 2. The van der Waals surface area contributed by atoms with E-state index in [2.05, 4.69) is 30.9 Å². The van der Waals surface area contributed by atoms with Crippen LogP contribution in [0.3, 0.4) is 0 Å². The first-order valence-corrected chi connectivity index (χ1v) is 19.0. The number of aromatic nitrogens is 3. The Bertz CT molecular complexity index is 1940. The maximum Gasteiger partial charge on any atom is 0.270 e. The molecule has 1 aliphatic heterocycles. The smallest absolute Gasteiger partial charge is 0.270 e. The summed E-state index contributed by atoms with van der Waals surface area (Å²) in [5.74, 6) is -2.28. The molecule has 286 valence electrons. The highest BCUT2D eigenvalue weighted by Crippen LogP contribution is 2.32. The molecule has 0 bridgehead atoms. The summed E-state index contributed by atoms with van der Waals surface area (Å²) in [6.45, 7) is 10.2. The van der Waals surface area contributed by atoms with Gasteiger partial charge in [0.25, 0.3) is 5.91 Å². The zero-order valence-electron chi connectivity index (χ0n) is 31.4. The number of nitrogens with two attached hydrogens (primary N) is 1. The lowest BCUT2D eigenvalue weighted by Crippen LogP contribution is -2.60. The molecule has 0 unspecified atom stereocenters. The molecule has 13 nitrogen and oxygen atoms in total. The van der Waals surface area contributed by atoms with E-state index in [4.69, 9.17) is 5.73 Å². The number of nitrogens with zero attached hydrogens (tertiary/aromatic N) is 4. The molecular formula is C40H50N8O5S. The molecule has 14 heteroatoms. The quantitative estimate of drug-likeness (QED) is 0.119. The first-order valence-electron chi connectivity index (χ1n) is 18.2. The lowest BCUT2D eigenvalue weighted by atomic mass is 9.96. The first-order chi connectivity index (χ1) is 25.6. The van der Waals surface area contributed by atoms with Gasteiger partial charge in [0.15, 0.2) is 5.16 Å². The van der Waals surface area contributed by atoms with E-state index >= 15 is 0 Å². The number of piperidine rings is 1. The number of carbonyl (C=O) groups excluding carboxylic acids is 4. The minimum Gasteiger partial charge on any atom is -0.390 e. The minimum atomic E-state index is -1.33. The number of aliphatic hydroxyl groups is 1. The molecular weight excluding hydrogens is 705 g/mol. The largest absolute Gasteiger partial charge is 0.390 e. The second-order valence-corrected chi connectivity index (χ2v) is 16.2. The average molecular weight is 755 g/mol. The zero-order valence-corrected chi connectivity index (χ0v) is 32.2. The van der Waals surface area contributed by atoms with Crippen molar-refractivity contribution < 1.29 is 24.3 Å². The Labute approximate surface area is 320 Å². The number of aryl methyl sites for hydroxylation is 2. The van der Waals surface area contributed by atoms with Crippen molar-refractivity contribution in [1.29, 1.82) is 0 Å². The number of fused-ring (bicyclic) bond motifs is 1. The number of nitrogens with one attached hydrogen (secondary N) is 3. The topological polar surface area (TPSA) is 193 Å². The molecule has 2 aromatic heterocycles. The number of β-amino-alcohol motifs (C(OH)–C–C–N with tert-alkyl or cyclic N) is 1. The van der Waals surface area contributed by atoms with Crippen LogP contribution >= 0.6 is 11.8 Å². The van der Waals surface area contributed by atoms with Gasteiger partial charge in [-0.2, -0.15) is 0 Å². The molecule has 1 saturated heterocycles. The van der Waals surface area contributed by atoms with Gasteiger partial charge in [0.2, 0.25) is 17.7 Å². The molecule has 3 heterocycles. The maximum absolute atomic E-state index is 13.9. The molecule has 5 atom stereocenters. The van der Waals surface area contributed by atoms with Gasteiger partial charge < -0.3 is 26.8 Å². The fraction of sp³-hybridized carbons (Fsp3) is 0.425. The van der Waals surface area contributed by atoms with Crippen LogP contribution in [0.1, 0.15) is 67.5 Å². The molecule has 5 rings (SSSR count). The molecule has 0 radical (unpaired) electrons. The van der Waals surface area contributed by atoms with Gasteiger partial charge in [-0.1, -0.05) is 66.4 Å². The third kappa shape index (κ3) is 11.5. The Morgan fingerprint density at radius 1 is 0.944 bits per heavy atom. The van der Waals surface area contributed by atoms with Crippen LogP contribution in [0, 0.1) is 13.8 Å². The Morgan fingerprint density at radius 3 is 2.31 bits per heavy atom. The number of likely N-dealkylation sites (tertiary alicyclic amines) is 1. The Balaban J connectivity index is 1.35. The molecule has 0 saturated carbocycles. The van der Waals surface area contributed by atoms with Crippen LogP contribution in [0.25, 0.3) is 10.9 Å². The summed E-state index contributed by atoms with van der Waals surface area (Å²) in [5, 5.41) is 22.1. The van der Waals surface area contributed by atoms with Crippen molar-refractivity contribution in [1.82, 2.24) is 35.8 Å². The van der Waals surface area contributed by atoms with Crippen molar-refractivity contribution in [2.24, 2.45) is 5.73 Å². The van der Waals surface area contributed by atoms with Crippen molar-refractivity contribution >= 4 is 46.3 Å². The lowest BCUT2D eigenvalue weighted by molar-refractivity contribution is -0.130. The summed E-state index contributed by atoms with van der Waals surface area (Å²) in [7, 11) is 0.